The second-order valence-electron chi connectivity index (χ2n) is 9.45. The Morgan fingerprint density at radius 3 is 1.32 bits per heavy atom. The van der Waals surface area contributed by atoms with E-state index in [9.17, 15) is 0 Å². The summed E-state index contributed by atoms with van der Waals surface area (Å²) in [4.78, 5) is 0. The second-order valence-corrected chi connectivity index (χ2v) is 9.45. The van der Waals surface area contributed by atoms with Gasteiger partial charge < -0.3 is 5.14 Å². The van der Waals surface area contributed by atoms with Crippen molar-refractivity contribution in [1.29, 1.82) is 0 Å². The van der Waals surface area contributed by atoms with Crippen molar-refractivity contribution in [3.63, 3.8) is 0 Å². The fourth-order valence-corrected chi connectivity index (χ4v) is 6.00. The van der Waals surface area contributed by atoms with Gasteiger partial charge >= 0.3 is 0 Å². The molecule has 0 atom stereocenters. The molecule has 0 fully saturated rings. The molecule has 5 rings (SSSR count). The lowest BCUT2D eigenvalue weighted by atomic mass is 9.34. The summed E-state index contributed by atoms with van der Waals surface area (Å²) in [6.45, 7) is 13.8. The summed E-state index contributed by atoms with van der Waals surface area (Å²) in [6, 6.07) is 22.8. The minimum atomic E-state index is 0.171. The van der Waals surface area contributed by atoms with Crippen molar-refractivity contribution >= 4 is 46.3 Å². The van der Waals surface area contributed by atoms with E-state index >= 15 is 0 Å². The van der Waals surface area contributed by atoms with Gasteiger partial charge in [0.05, 0.1) is 0 Å². The van der Waals surface area contributed by atoms with Crippen LogP contribution in [0, 0.1) is 41.5 Å². The molecule has 1 aliphatic rings. The minimum absolute atomic E-state index is 0.171. The lowest BCUT2D eigenvalue weighted by molar-refractivity contribution is 1.33. The molecule has 0 bridgehead atoms. The van der Waals surface area contributed by atoms with E-state index in [2.05, 4.69) is 107 Å². The van der Waals surface area contributed by atoms with Crippen LogP contribution in [0.3, 0.4) is 0 Å². The summed E-state index contributed by atoms with van der Waals surface area (Å²) in [5, 5.41) is 6.85. The van der Waals surface area contributed by atoms with E-state index in [-0.39, 0.29) is 13.7 Å². The zero-order chi connectivity index (χ0) is 21.9. The molecule has 0 aromatic heterocycles. The molecule has 0 amide bonds. The van der Waals surface area contributed by atoms with Gasteiger partial charge in [0.25, 0.3) is 13.7 Å². The van der Waals surface area contributed by atoms with Gasteiger partial charge in [0.1, 0.15) is 0 Å². The number of hydrogen-bond acceptors (Lipinski definition) is 1. The number of hydrogen-bond donors (Lipinski definition) is 1. The molecule has 31 heavy (non-hydrogen) atoms. The Morgan fingerprint density at radius 1 is 0.548 bits per heavy atom. The maximum absolute atomic E-state index is 4.10. The summed E-state index contributed by atoms with van der Waals surface area (Å²) < 4.78 is 0. The third kappa shape index (κ3) is 3.23. The van der Waals surface area contributed by atoms with Gasteiger partial charge in [-0.2, -0.15) is 0 Å². The van der Waals surface area contributed by atoms with Crippen LogP contribution in [0.15, 0.2) is 60.7 Å². The Morgan fingerprint density at radius 2 is 0.935 bits per heavy atom. The van der Waals surface area contributed by atoms with Crippen molar-refractivity contribution < 1.29 is 0 Å². The molecule has 152 valence electrons. The standard InChI is InChI=1S/C28H29B2N/c1-17-13-19(3)27(20(4)14-17)29-24-11-7-9-23-10-8-12-25(26(23)24)30(31-29)28-21(5)15-18(2)16-22(28)6/h7-16,31H,1-6H3. The molecule has 0 aliphatic carbocycles. The van der Waals surface area contributed by atoms with E-state index in [4.69, 9.17) is 0 Å². The highest BCUT2D eigenvalue weighted by Crippen LogP contribution is 2.17. The number of rotatable bonds is 2. The van der Waals surface area contributed by atoms with Crippen molar-refractivity contribution in [3.05, 3.63) is 94.0 Å². The Hall–Kier alpha value is -2.77. The lowest BCUT2D eigenvalue weighted by Gasteiger charge is -2.33. The zero-order valence-corrected chi connectivity index (χ0v) is 19.4. The van der Waals surface area contributed by atoms with Gasteiger partial charge in [-0.3, -0.25) is 0 Å². The fourth-order valence-electron chi connectivity index (χ4n) is 6.00. The minimum Gasteiger partial charge on any atom is -0.382 e. The molecule has 1 aliphatic heterocycles. The zero-order valence-electron chi connectivity index (χ0n) is 19.4. The van der Waals surface area contributed by atoms with Crippen LogP contribution in [0.2, 0.25) is 0 Å². The van der Waals surface area contributed by atoms with Gasteiger partial charge in [-0.05, 0) is 52.3 Å². The number of benzene rings is 4. The smallest absolute Gasteiger partial charge is 0.279 e. The van der Waals surface area contributed by atoms with Crippen LogP contribution in [0.4, 0.5) is 0 Å². The summed E-state index contributed by atoms with van der Waals surface area (Å²) in [5.41, 5.74) is 13.7. The topological polar surface area (TPSA) is 12.0 Å². The van der Waals surface area contributed by atoms with Crippen LogP contribution in [0.1, 0.15) is 33.4 Å². The van der Waals surface area contributed by atoms with Crippen LogP contribution in [0.25, 0.3) is 10.8 Å². The quantitative estimate of drug-likeness (QED) is 0.507. The molecule has 1 nitrogen and oxygen atoms in total. The molecule has 4 aromatic carbocycles. The molecular formula is C28H29B2N. The third-order valence-corrected chi connectivity index (χ3v) is 6.98. The highest BCUT2D eigenvalue weighted by atomic mass is 14.7. The van der Waals surface area contributed by atoms with Crippen molar-refractivity contribution in [1.82, 2.24) is 5.14 Å². The first-order valence-corrected chi connectivity index (χ1v) is 11.3. The Balaban J connectivity index is 1.82. The summed E-state index contributed by atoms with van der Waals surface area (Å²) in [5.74, 6) is 0. The van der Waals surface area contributed by atoms with Gasteiger partial charge in [0, 0.05) is 0 Å². The first kappa shape index (κ1) is 20.2. The van der Waals surface area contributed by atoms with E-state index in [0.717, 1.165) is 0 Å². The van der Waals surface area contributed by atoms with Gasteiger partial charge in [-0.25, -0.2) is 0 Å². The van der Waals surface area contributed by atoms with Gasteiger partial charge in [0.2, 0.25) is 0 Å². The van der Waals surface area contributed by atoms with Gasteiger partial charge in [-0.1, -0.05) is 116 Å². The average Bonchev–Trinajstić information content (AvgIpc) is 2.69. The monoisotopic (exact) mass is 401 g/mol. The van der Waals surface area contributed by atoms with E-state index < -0.39 is 0 Å². The summed E-state index contributed by atoms with van der Waals surface area (Å²) in [7, 11) is 0. The molecule has 0 saturated carbocycles. The largest absolute Gasteiger partial charge is 0.382 e. The second kappa shape index (κ2) is 7.43. The Labute approximate surface area is 187 Å². The van der Waals surface area contributed by atoms with Gasteiger partial charge in [0.15, 0.2) is 0 Å². The molecule has 0 unspecified atom stereocenters. The predicted octanol–water partition coefficient (Wildman–Crippen LogP) is 3.50. The van der Waals surface area contributed by atoms with Crippen molar-refractivity contribution in [2.45, 2.75) is 41.5 Å². The normalized spacial score (nSPS) is 13.2. The van der Waals surface area contributed by atoms with Crippen molar-refractivity contribution in [3.8, 4) is 0 Å². The number of aryl methyl sites for hydroxylation is 6. The fraction of sp³-hybridized carbons (Fsp3) is 0.214. The summed E-state index contributed by atoms with van der Waals surface area (Å²) >= 11 is 0. The molecular weight excluding hydrogens is 372 g/mol. The van der Waals surface area contributed by atoms with E-state index in [1.807, 2.05) is 0 Å². The maximum atomic E-state index is 4.10. The lowest BCUT2D eigenvalue weighted by Crippen LogP contribution is -2.72. The Bertz CT molecular complexity index is 1190. The van der Waals surface area contributed by atoms with E-state index in [1.54, 1.807) is 0 Å². The predicted molar refractivity (Wildman–Crippen MR) is 138 cm³/mol. The Kier molecular flexibility index (Phi) is 4.83. The van der Waals surface area contributed by atoms with Crippen molar-refractivity contribution in [2.24, 2.45) is 0 Å². The molecule has 1 N–H and O–H groups in total. The van der Waals surface area contributed by atoms with E-state index in [1.165, 1.54) is 66.0 Å². The summed E-state index contributed by atoms with van der Waals surface area (Å²) in [6.07, 6.45) is 0. The van der Waals surface area contributed by atoms with Crippen LogP contribution < -0.4 is 27.0 Å². The average molecular weight is 401 g/mol. The molecule has 0 saturated heterocycles. The van der Waals surface area contributed by atoms with Crippen LogP contribution >= 0.6 is 0 Å². The molecule has 1 heterocycles. The third-order valence-electron chi connectivity index (χ3n) is 6.98. The molecule has 3 heteroatoms. The van der Waals surface area contributed by atoms with Crippen LogP contribution in [0.5, 0.6) is 0 Å². The maximum Gasteiger partial charge on any atom is 0.279 e. The molecule has 0 spiro atoms. The highest BCUT2D eigenvalue weighted by molar-refractivity contribution is 7.02. The molecule has 0 radical (unpaired) electrons. The SMILES string of the molecule is Cc1cc(C)c(B2NB(c3c(C)cc(C)cc3C)c3cccc4cccc2c34)c(C)c1. The number of nitrogens with one attached hydrogen (secondary N) is 1. The van der Waals surface area contributed by atoms with Crippen LogP contribution in [-0.2, 0) is 0 Å². The highest BCUT2D eigenvalue weighted by Gasteiger charge is 2.37. The first-order valence-electron chi connectivity index (χ1n) is 11.3. The van der Waals surface area contributed by atoms with E-state index in [0.29, 0.717) is 0 Å². The molecule has 4 aromatic rings. The van der Waals surface area contributed by atoms with Crippen LogP contribution in [-0.4, -0.2) is 13.7 Å². The van der Waals surface area contributed by atoms with Crippen molar-refractivity contribution in [2.75, 3.05) is 0 Å². The first-order chi connectivity index (χ1) is 14.8. The van der Waals surface area contributed by atoms with Gasteiger partial charge in [-0.15, -0.1) is 0 Å².